The normalized spacial score (nSPS) is 11.5. The van der Waals surface area contributed by atoms with Crippen molar-refractivity contribution in [2.24, 2.45) is 4.99 Å². The molecule has 0 saturated heterocycles. The molecule has 1 N–H and O–H groups in total. The quantitative estimate of drug-likeness (QED) is 0.473. The van der Waals surface area contributed by atoms with Gasteiger partial charge in [0.1, 0.15) is 0 Å². The molecular formula is C10H13BrN2O2. The second kappa shape index (κ2) is 7.11. The molecule has 0 spiro atoms. The molecule has 0 unspecified atom stereocenters. The van der Waals surface area contributed by atoms with Gasteiger partial charge in [0.05, 0.1) is 12.3 Å². The van der Waals surface area contributed by atoms with Crippen molar-refractivity contribution in [2.45, 2.75) is 6.92 Å². The molecule has 0 aromatic heterocycles. The summed E-state index contributed by atoms with van der Waals surface area (Å²) < 4.78 is 5.32. The van der Waals surface area contributed by atoms with Gasteiger partial charge in [-0.25, -0.2) is 4.79 Å². The van der Waals surface area contributed by atoms with E-state index in [0.717, 1.165) is 0 Å². The Morgan fingerprint density at radius 2 is 2.20 bits per heavy atom. The summed E-state index contributed by atoms with van der Waals surface area (Å²) in [6.07, 6.45) is 3.13. The van der Waals surface area contributed by atoms with E-state index in [2.05, 4.69) is 32.2 Å². The maximum absolute atomic E-state index is 11.2. The van der Waals surface area contributed by atoms with Crippen molar-refractivity contribution in [1.29, 1.82) is 5.41 Å². The summed E-state index contributed by atoms with van der Waals surface area (Å²) in [5.74, 6) is -0.678. The molecule has 0 radical (unpaired) electrons. The zero-order valence-electron chi connectivity index (χ0n) is 8.71. The number of aliphatic imine (C=N–C) groups is 1. The molecule has 0 aromatic carbocycles. The number of nitrogens with one attached hydrogen (secondary N) is 1. The van der Waals surface area contributed by atoms with Crippen LogP contribution in [0.25, 0.3) is 0 Å². The minimum Gasteiger partial charge on any atom is -0.461 e. The standard InChI is InChI=1S/C10H13BrN2O2/c1-4-15-10(14)9(12)8(13-3)6-5-7(2)11/h5-6,12H,2,4H2,1,3H3/b6-5-,12-9?,13-8?. The van der Waals surface area contributed by atoms with Crippen LogP contribution in [0, 0.1) is 5.41 Å². The van der Waals surface area contributed by atoms with Gasteiger partial charge in [-0.15, -0.1) is 0 Å². The van der Waals surface area contributed by atoms with E-state index in [1.807, 2.05) is 0 Å². The van der Waals surface area contributed by atoms with Crippen molar-refractivity contribution in [3.05, 3.63) is 23.2 Å². The van der Waals surface area contributed by atoms with E-state index in [1.165, 1.54) is 13.1 Å². The predicted octanol–water partition coefficient (Wildman–Crippen LogP) is 2.10. The number of halogens is 1. The molecule has 0 atom stereocenters. The monoisotopic (exact) mass is 272 g/mol. The molecule has 0 rings (SSSR count). The number of rotatable bonds is 5. The topological polar surface area (TPSA) is 62.5 Å². The van der Waals surface area contributed by atoms with Crippen molar-refractivity contribution in [2.75, 3.05) is 13.7 Å². The van der Waals surface area contributed by atoms with Crippen molar-refractivity contribution < 1.29 is 9.53 Å². The summed E-state index contributed by atoms with van der Waals surface area (Å²) >= 11 is 3.13. The summed E-state index contributed by atoms with van der Waals surface area (Å²) in [6, 6.07) is 0. The fraction of sp³-hybridized carbons (Fsp3) is 0.300. The van der Waals surface area contributed by atoms with E-state index in [0.29, 0.717) is 4.48 Å². The number of esters is 1. The third-order valence-corrected chi connectivity index (χ3v) is 1.66. The van der Waals surface area contributed by atoms with Crippen LogP contribution in [-0.2, 0) is 9.53 Å². The molecule has 82 valence electrons. The Kier molecular flexibility index (Phi) is 6.53. The van der Waals surface area contributed by atoms with Gasteiger partial charge in [-0.1, -0.05) is 22.5 Å². The molecule has 0 aliphatic rings. The number of nitrogens with zero attached hydrogens (tertiary/aromatic N) is 1. The zero-order valence-corrected chi connectivity index (χ0v) is 10.3. The lowest BCUT2D eigenvalue weighted by molar-refractivity contribution is -0.134. The van der Waals surface area contributed by atoms with Crippen LogP contribution < -0.4 is 0 Å². The predicted molar refractivity (Wildman–Crippen MR) is 64.9 cm³/mol. The van der Waals surface area contributed by atoms with Gasteiger partial charge in [-0.3, -0.25) is 10.4 Å². The Balaban J connectivity index is 4.64. The lowest BCUT2D eigenvalue weighted by Crippen LogP contribution is -2.24. The molecular weight excluding hydrogens is 260 g/mol. The second-order valence-electron chi connectivity index (χ2n) is 2.48. The van der Waals surface area contributed by atoms with Crippen LogP contribution in [0.15, 0.2) is 28.2 Å². The fourth-order valence-electron chi connectivity index (χ4n) is 0.747. The van der Waals surface area contributed by atoms with E-state index in [-0.39, 0.29) is 18.0 Å². The van der Waals surface area contributed by atoms with Gasteiger partial charge in [0.25, 0.3) is 0 Å². The molecule has 0 aliphatic heterocycles. The third-order valence-electron chi connectivity index (χ3n) is 1.40. The molecule has 15 heavy (non-hydrogen) atoms. The molecule has 0 bridgehead atoms. The maximum atomic E-state index is 11.2. The Bertz CT molecular complexity index is 332. The molecule has 4 nitrogen and oxygen atoms in total. The number of carbonyl (C=O) groups excluding carboxylic acids is 1. The molecule has 0 amide bonds. The number of allylic oxidation sites excluding steroid dienone is 3. The Morgan fingerprint density at radius 1 is 1.60 bits per heavy atom. The first-order valence-corrected chi connectivity index (χ1v) is 5.07. The first-order valence-electron chi connectivity index (χ1n) is 4.28. The Morgan fingerprint density at radius 3 is 2.60 bits per heavy atom. The fourth-order valence-corrected chi connectivity index (χ4v) is 0.879. The van der Waals surface area contributed by atoms with Gasteiger partial charge in [0, 0.05) is 11.5 Å². The summed E-state index contributed by atoms with van der Waals surface area (Å²) in [5, 5.41) is 7.50. The van der Waals surface area contributed by atoms with Crippen LogP contribution in [0.2, 0.25) is 0 Å². The number of ether oxygens (including phenoxy) is 1. The van der Waals surface area contributed by atoms with Crippen molar-refractivity contribution in [3.63, 3.8) is 0 Å². The lowest BCUT2D eigenvalue weighted by atomic mass is 10.2. The van der Waals surface area contributed by atoms with Gasteiger partial charge in [-0.05, 0) is 19.1 Å². The molecule has 5 heteroatoms. The maximum Gasteiger partial charge on any atom is 0.358 e. The van der Waals surface area contributed by atoms with Crippen LogP contribution in [0.4, 0.5) is 0 Å². The average molecular weight is 273 g/mol. The van der Waals surface area contributed by atoms with Gasteiger partial charge in [0.2, 0.25) is 0 Å². The third kappa shape index (κ3) is 5.27. The van der Waals surface area contributed by atoms with Crippen molar-refractivity contribution in [3.8, 4) is 0 Å². The van der Waals surface area contributed by atoms with E-state index in [1.54, 1.807) is 13.0 Å². The van der Waals surface area contributed by atoms with Crippen LogP contribution in [0.3, 0.4) is 0 Å². The first kappa shape index (κ1) is 13.8. The molecule has 0 fully saturated rings. The highest BCUT2D eigenvalue weighted by molar-refractivity contribution is 9.11. The summed E-state index contributed by atoms with van der Waals surface area (Å²) in [5.41, 5.74) is -0.00148. The van der Waals surface area contributed by atoms with Gasteiger partial charge >= 0.3 is 5.97 Å². The van der Waals surface area contributed by atoms with Crippen molar-refractivity contribution >= 4 is 33.3 Å². The summed E-state index contributed by atoms with van der Waals surface area (Å²) in [7, 11) is 1.50. The van der Waals surface area contributed by atoms with E-state index < -0.39 is 5.97 Å². The molecule has 0 saturated carbocycles. The minimum atomic E-state index is -0.678. The smallest absolute Gasteiger partial charge is 0.358 e. The number of carbonyl (C=O) groups is 1. The largest absolute Gasteiger partial charge is 0.461 e. The van der Waals surface area contributed by atoms with Crippen LogP contribution in [0.5, 0.6) is 0 Å². The SMILES string of the molecule is C=C(Br)/C=C\C(=NC)C(=N)C(=O)OCC. The van der Waals surface area contributed by atoms with Crippen LogP contribution >= 0.6 is 15.9 Å². The summed E-state index contributed by atoms with van der Waals surface area (Å²) in [4.78, 5) is 15.0. The highest BCUT2D eigenvalue weighted by atomic mass is 79.9. The minimum absolute atomic E-state index is 0.243. The Hall–Kier alpha value is -1.23. The first-order chi connectivity index (χ1) is 7.02. The van der Waals surface area contributed by atoms with Crippen LogP contribution in [-0.4, -0.2) is 31.0 Å². The second-order valence-corrected chi connectivity index (χ2v) is 3.50. The molecule has 0 aromatic rings. The highest BCUT2D eigenvalue weighted by Crippen LogP contribution is 2.02. The van der Waals surface area contributed by atoms with E-state index >= 15 is 0 Å². The van der Waals surface area contributed by atoms with Gasteiger partial charge in [-0.2, -0.15) is 0 Å². The molecule has 0 heterocycles. The van der Waals surface area contributed by atoms with E-state index in [9.17, 15) is 4.79 Å². The summed E-state index contributed by atoms with van der Waals surface area (Å²) in [6.45, 7) is 5.52. The number of hydrogen-bond donors (Lipinski definition) is 1. The van der Waals surface area contributed by atoms with Gasteiger partial charge in [0.15, 0.2) is 5.71 Å². The molecule has 0 aliphatic carbocycles. The lowest BCUT2D eigenvalue weighted by Gasteiger charge is -2.02. The average Bonchev–Trinajstić information content (AvgIpc) is 2.18. The number of hydrogen-bond acceptors (Lipinski definition) is 4. The highest BCUT2D eigenvalue weighted by Gasteiger charge is 2.14. The van der Waals surface area contributed by atoms with Crippen LogP contribution in [0.1, 0.15) is 6.92 Å². The Labute approximate surface area is 97.4 Å². The van der Waals surface area contributed by atoms with Crippen molar-refractivity contribution in [1.82, 2.24) is 0 Å². The van der Waals surface area contributed by atoms with E-state index in [4.69, 9.17) is 5.41 Å². The zero-order chi connectivity index (χ0) is 11.8. The van der Waals surface area contributed by atoms with Gasteiger partial charge < -0.3 is 4.74 Å².